The molecule has 6 nitrogen and oxygen atoms in total. The van der Waals surface area contributed by atoms with E-state index in [-0.39, 0.29) is 0 Å². The molecule has 0 atom stereocenters. The van der Waals surface area contributed by atoms with Gasteiger partial charge in [0.15, 0.2) is 5.82 Å². The molecule has 128 valence electrons. The summed E-state index contributed by atoms with van der Waals surface area (Å²) in [4.78, 5) is 4.39. The number of para-hydroxylation sites is 1. The Balaban J connectivity index is 1.59. The SMILES string of the molecule is COc1cccc(CCNc2nncc(Nc3ccccc3Cl)n2)c1. The normalized spacial score (nSPS) is 10.3. The molecule has 1 heterocycles. The van der Waals surface area contributed by atoms with Gasteiger partial charge >= 0.3 is 0 Å². The second kappa shape index (κ2) is 8.30. The molecule has 0 saturated heterocycles. The highest BCUT2D eigenvalue weighted by Gasteiger charge is 2.04. The lowest BCUT2D eigenvalue weighted by Crippen LogP contribution is -2.09. The number of hydrogen-bond acceptors (Lipinski definition) is 6. The third-order valence-electron chi connectivity index (χ3n) is 3.53. The first-order chi connectivity index (χ1) is 12.2. The topological polar surface area (TPSA) is 72.0 Å². The molecular formula is C18H18ClN5O. The molecule has 3 aromatic rings. The Kier molecular flexibility index (Phi) is 5.64. The number of anilines is 3. The molecule has 25 heavy (non-hydrogen) atoms. The lowest BCUT2D eigenvalue weighted by atomic mass is 10.1. The third-order valence-corrected chi connectivity index (χ3v) is 3.86. The van der Waals surface area contributed by atoms with E-state index >= 15 is 0 Å². The third kappa shape index (κ3) is 4.81. The lowest BCUT2D eigenvalue weighted by molar-refractivity contribution is 0.414. The summed E-state index contributed by atoms with van der Waals surface area (Å²) in [6.45, 7) is 0.685. The number of nitrogens with one attached hydrogen (secondary N) is 2. The quantitative estimate of drug-likeness (QED) is 0.669. The van der Waals surface area contributed by atoms with Crippen LogP contribution in [0.25, 0.3) is 0 Å². The van der Waals surface area contributed by atoms with Crippen molar-refractivity contribution < 1.29 is 4.74 Å². The Morgan fingerprint density at radius 3 is 2.84 bits per heavy atom. The van der Waals surface area contributed by atoms with Crippen LogP contribution in [-0.4, -0.2) is 28.8 Å². The lowest BCUT2D eigenvalue weighted by Gasteiger charge is -2.09. The van der Waals surface area contributed by atoms with Crippen LogP contribution < -0.4 is 15.4 Å². The highest BCUT2D eigenvalue weighted by atomic mass is 35.5. The summed E-state index contributed by atoms with van der Waals surface area (Å²) in [5.74, 6) is 1.88. The zero-order valence-electron chi connectivity index (χ0n) is 13.7. The minimum Gasteiger partial charge on any atom is -0.497 e. The van der Waals surface area contributed by atoms with Crippen LogP contribution in [0.2, 0.25) is 5.02 Å². The number of rotatable bonds is 7. The van der Waals surface area contributed by atoms with Crippen molar-refractivity contribution in [3.8, 4) is 5.75 Å². The van der Waals surface area contributed by atoms with Crippen molar-refractivity contribution in [1.29, 1.82) is 0 Å². The smallest absolute Gasteiger partial charge is 0.244 e. The Labute approximate surface area is 151 Å². The van der Waals surface area contributed by atoms with E-state index in [4.69, 9.17) is 16.3 Å². The molecule has 2 aromatic carbocycles. The Hall–Kier alpha value is -2.86. The van der Waals surface area contributed by atoms with Crippen LogP contribution >= 0.6 is 11.6 Å². The first kappa shape index (κ1) is 17.0. The monoisotopic (exact) mass is 355 g/mol. The molecule has 0 amide bonds. The summed E-state index contributed by atoms with van der Waals surface area (Å²) in [5, 5.41) is 14.9. The molecule has 0 aliphatic rings. The molecule has 1 aromatic heterocycles. The van der Waals surface area contributed by atoms with Gasteiger partial charge in [0, 0.05) is 6.54 Å². The van der Waals surface area contributed by atoms with Gasteiger partial charge in [-0.1, -0.05) is 35.9 Å². The Bertz CT molecular complexity index is 843. The van der Waals surface area contributed by atoms with Crippen molar-refractivity contribution in [2.75, 3.05) is 24.3 Å². The van der Waals surface area contributed by atoms with E-state index in [1.165, 1.54) is 5.56 Å². The first-order valence-electron chi connectivity index (χ1n) is 7.82. The number of aromatic nitrogens is 3. The highest BCUT2D eigenvalue weighted by molar-refractivity contribution is 6.33. The van der Waals surface area contributed by atoms with Crippen LogP contribution in [0.3, 0.4) is 0 Å². The molecule has 0 spiro atoms. The molecule has 3 rings (SSSR count). The summed E-state index contributed by atoms with van der Waals surface area (Å²) in [6, 6.07) is 15.4. The number of methoxy groups -OCH3 is 1. The van der Waals surface area contributed by atoms with Crippen LogP contribution in [-0.2, 0) is 6.42 Å². The van der Waals surface area contributed by atoms with Gasteiger partial charge in [-0.25, -0.2) is 0 Å². The van der Waals surface area contributed by atoms with Gasteiger partial charge in [0.1, 0.15) is 5.75 Å². The predicted molar refractivity (Wildman–Crippen MR) is 99.7 cm³/mol. The van der Waals surface area contributed by atoms with Crippen molar-refractivity contribution in [3.63, 3.8) is 0 Å². The average Bonchev–Trinajstić information content (AvgIpc) is 2.64. The summed E-state index contributed by atoms with van der Waals surface area (Å²) in [6.07, 6.45) is 2.37. The van der Waals surface area contributed by atoms with Gasteiger partial charge in [0.05, 0.1) is 24.0 Å². The summed E-state index contributed by atoms with van der Waals surface area (Å²) >= 11 is 6.14. The summed E-state index contributed by atoms with van der Waals surface area (Å²) < 4.78 is 5.23. The van der Waals surface area contributed by atoms with Gasteiger partial charge in [-0.15, -0.1) is 5.10 Å². The molecule has 0 radical (unpaired) electrons. The maximum absolute atomic E-state index is 6.14. The zero-order valence-corrected chi connectivity index (χ0v) is 14.5. The van der Waals surface area contributed by atoms with Gasteiger partial charge < -0.3 is 15.4 Å². The molecule has 0 aliphatic carbocycles. The Morgan fingerprint density at radius 1 is 1.12 bits per heavy atom. The van der Waals surface area contributed by atoms with Gasteiger partial charge in [-0.3, -0.25) is 0 Å². The highest BCUT2D eigenvalue weighted by Crippen LogP contribution is 2.23. The van der Waals surface area contributed by atoms with Crippen molar-refractivity contribution in [2.24, 2.45) is 0 Å². The fourth-order valence-corrected chi connectivity index (χ4v) is 2.47. The summed E-state index contributed by atoms with van der Waals surface area (Å²) in [5.41, 5.74) is 1.94. The van der Waals surface area contributed by atoms with E-state index in [0.29, 0.717) is 23.3 Å². The van der Waals surface area contributed by atoms with Crippen molar-refractivity contribution in [2.45, 2.75) is 6.42 Å². The van der Waals surface area contributed by atoms with E-state index in [1.54, 1.807) is 13.3 Å². The van der Waals surface area contributed by atoms with E-state index in [0.717, 1.165) is 17.9 Å². The van der Waals surface area contributed by atoms with Crippen molar-refractivity contribution >= 4 is 29.1 Å². The van der Waals surface area contributed by atoms with Gasteiger partial charge in [-0.2, -0.15) is 10.1 Å². The maximum atomic E-state index is 6.14. The van der Waals surface area contributed by atoms with Gasteiger partial charge in [0.25, 0.3) is 0 Å². The van der Waals surface area contributed by atoms with Gasteiger partial charge in [-0.05, 0) is 36.2 Å². The minimum atomic E-state index is 0.458. The molecule has 0 bridgehead atoms. The largest absolute Gasteiger partial charge is 0.497 e. The van der Waals surface area contributed by atoms with Crippen LogP contribution in [0.5, 0.6) is 5.75 Å². The number of halogens is 1. The van der Waals surface area contributed by atoms with E-state index in [9.17, 15) is 0 Å². The fourth-order valence-electron chi connectivity index (χ4n) is 2.29. The average molecular weight is 356 g/mol. The Morgan fingerprint density at radius 2 is 2.00 bits per heavy atom. The number of nitrogens with zero attached hydrogens (tertiary/aromatic N) is 3. The second-order valence-corrected chi connectivity index (χ2v) is 5.71. The number of ether oxygens (including phenoxy) is 1. The molecule has 0 aliphatic heterocycles. The minimum absolute atomic E-state index is 0.458. The standard InChI is InChI=1S/C18H18ClN5O/c1-25-14-6-4-5-13(11-14)9-10-20-18-23-17(12-21-24-18)22-16-8-3-2-7-15(16)19/h2-8,11-12H,9-10H2,1H3,(H2,20,22,23,24). The van der Waals surface area contributed by atoms with Crippen LogP contribution in [0.15, 0.2) is 54.7 Å². The van der Waals surface area contributed by atoms with Crippen LogP contribution in [0, 0.1) is 0 Å². The van der Waals surface area contributed by atoms with E-state index < -0.39 is 0 Å². The molecular weight excluding hydrogens is 338 g/mol. The molecule has 0 unspecified atom stereocenters. The van der Waals surface area contributed by atoms with Crippen LogP contribution in [0.4, 0.5) is 17.5 Å². The second-order valence-electron chi connectivity index (χ2n) is 5.30. The first-order valence-corrected chi connectivity index (χ1v) is 8.20. The number of benzene rings is 2. The fraction of sp³-hybridized carbons (Fsp3) is 0.167. The van der Waals surface area contributed by atoms with Gasteiger partial charge in [0.2, 0.25) is 5.95 Å². The molecule has 0 saturated carbocycles. The maximum Gasteiger partial charge on any atom is 0.244 e. The van der Waals surface area contributed by atoms with E-state index in [2.05, 4.69) is 31.9 Å². The molecule has 0 fully saturated rings. The van der Waals surface area contributed by atoms with Crippen molar-refractivity contribution in [3.05, 3.63) is 65.3 Å². The predicted octanol–water partition coefficient (Wildman–Crippen LogP) is 3.93. The van der Waals surface area contributed by atoms with Crippen LogP contribution in [0.1, 0.15) is 5.56 Å². The van der Waals surface area contributed by atoms with Crippen molar-refractivity contribution in [1.82, 2.24) is 15.2 Å². The zero-order chi connectivity index (χ0) is 17.5. The summed E-state index contributed by atoms with van der Waals surface area (Å²) in [7, 11) is 1.66. The molecule has 7 heteroatoms. The molecule has 2 N–H and O–H groups in total. The van der Waals surface area contributed by atoms with E-state index in [1.807, 2.05) is 42.5 Å². The number of hydrogen-bond donors (Lipinski definition) is 2.